The number of carboxylic acid groups (broad SMARTS) is 1. The standard InChI is InChI=1S/C16H21NO3/c1-3-14(16(19)20)17(2)15(18)13-10-6-8-11-7-4-5-9-12(11)13/h4-5,7,9,13-14H,3,6,8,10H2,1-2H3,(H,19,20). The summed E-state index contributed by atoms with van der Waals surface area (Å²) in [4.78, 5) is 25.2. The number of likely N-dealkylation sites (N-methyl/N-ethyl adjacent to an activating group) is 1. The Balaban J connectivity index is 2.24. The van der Waals surface area contributed by atoms with Gasteiger partial charge in [0, 0.05) is 7.05 Å². The number of nitrogens with zero attached hydrogens (tertiary/aromatic N) is 1. The number of aryl methyl sites for hydroxylation is 1. The Bertz CT molecular complexity index is 512. The molecule has 0 saturated carbocycles. The van der Waals surface area contributed by atoms with Crippen molar-refractivity contribution in [3.63, 3.8) is 0 Å². The van der Waals surface area contributed by atoms with E-state index in [1.807, 2.05) is 18.2 Å². The lowest BCUT2D eigenvalue weighted by atomic mass is 9.82. The zero-order valence-electron chi connectivity index (χ0n) is 12.0. The normalized spacial score (nSPS) is 19.0. The third-order valence-electron chi connectivity index (χ3n) is 4.15. The number of carbonyl (C=O) groups excluding carboxylic acids is 1. The van der Waals surface area contributed by atoms with E-state index >= 15 is 0 Å². The van der Waals surface area contributed by atoms with Crippen molar-refractivity contribution in [3.05, 3.63) is 35.4 Å². The second-order valence-corrected chi connectivity index (χ2v) is 5.36. The Morgan fingerprint density at radius 3 is 2.75 bits per heavy atom. The predicted molar refractivity (Wildman–Crippen MR) is 76.6 cm³/mol. The molecule has 0 aromatic heterocycles. The van der Waals surface area contributed by atoms with Gasteiger partial charge < -0.3 is 10.0 Å². The van der Waals surface area contributed by atoms with Crippen molar-refractivity contribution in [2.75, 3.05) is 7.05 Å². The van der Waals surface area contributed by atoms with E-state index in [4.69, 9.17) is 0 Å². The monoisotopic (exact) mass is 275 g/mol. The number of aliphatic carboxylic acids is 1. The van der Waals surface area contributed by atoms with Crippen molar-refractivity contribution in [3.8, 4) is 0 Å². The second-order valence-electron chi connectivity index (χ2n) is 5.36. The molecule has 0 aliphatic heterocycles. The maximum Gasteiger partial charge on any atom is 0.326 e. The van der Waals surface area contributed by atoms with Crippen molar-refractivity contribution in [1.29, 1.82) is 0 Å². The van der Waals surface area contributed by atoms with E-state index in [2.05, 4.69) is 6.07 Å². The zero-order valence-corrected chi connectivity index (χ0v) is 12.0. The smallest absolute Gasteiger partial charge is 0.326 e. The Labute approximate surface area is 119 Å². The molecule has 2 unspecified atom stereocenters. The minimum atomic E-state index is -0.938. The molecule has 0 fully saturated rings. The molecule has 2 atom stereocenters. The van der Waals surface area contributed by atoms with Crippen LogP contribution in [-0.4, -0.2) is 35.0 Å². The first-order valence-electron chi connectivity index (χ1n) is 7.13. The van der Waals surface area contributed by atoms with Crippen LogP contribution in [0, 0.1) is 0 Å². The highest BCUT2D eigenvalue weighted by Gasteiger charge is 2.33. The third kappa shape index (κ3) is 2.69. The minimum absolute atomic E-state index is 0.0774. The van der Waals surface area contributed by atoms with Gasteiger partial charge in [0.05, 0.1) is 5.92 Å². The molecule has 1 aromatic rings. The number of fused-ring (bicyclic) bond motifs is 1. The number of carbonyl (C=O) groups is 2. The summed E-state index contributed by atoms with van der Waals surface area (Å²) in [6.45, 7) is 1.79. The van der Waals surface area contributed by atoms with Gasteiger partial charge in [-0.15, -0.1) is 0 Å². The Morgan fingerprint density at radius 2 is 2.10 bits per heavy atom. The van der Waals surface area contributed by atoms with Crippen LogP contribution in [0.1, 0.15) is 43.2 Å². The highest BCUT2D eigenvalue weighted by atomic mass is 16.4. The van der Waals surface area contributed by atoms with Crippen LogP contribution in [0.2, 0.25) is 0 Å². The highest BCUT2D eigenvalue weighted by molar-refractivity contribution is 5.88. The maximum absolute atomic E-state index is 12.6. The summed E-state index contributed by atoms with van der Waals surface area (Å²) in [5.41, 5.74) is 2.28. The van der Waals surface area contributed by atoms with E-state index in [1.165, 1.54) is 10.5 Å². The number of amides is 1. The van der Waals surface area contributed by atoms with Gasteiger partial charge in [-0.1, -0.05) is 31.2 Å². The van der Waals surface area contributed by atoms with Crippen LogP contribution in [-0.2, 0) is 16.0 Å². The molecular weight excluding hydrogens is 254 g/mol. The van der Waals surface area contributed by atoms with Crippen LogP contribution < -0.4 is 0 Å². The second kappa shape index (κ2) is 6.07. The summed E-state index contributed by atoms with van der Waals surface area (Å²) in [5.74, 6) is -1.21. The van der Waals surface area contributed by atoms with Crippen molar-refractivity contribution in [2.45, 2.75) is 44.6 Å². The molecule has 1 amide bonds. The molecule has 4 heteroatoms. The fraction of sp³-hybridized carbons (Fsp3) is 0.500. The third-order valence-corrected chi connectivity index (χ3v) is 4.15. The molecule has 0 bridgehead atoms. The molecule has 1 N–H and O–H groups in total. The van der Waals surface area contributed by atoms with Gasteiger partial charge in [0.1, 0.15) is 6.04 Å². The van der Waals surface area contributed by atoms with Gasteiger partial charge >= 0.3 is 5.97 Å². The molecule has 4 nitrogen and oxygen atoms in total. The van der Waals surface area contributed by atoms with Crippen molar-refractivity contribution >= 4 is 11.9 Å². The van der Waals surface area contributed by atoms with Crippen LogP contribution >= 0.6 is 0 Å². The molecule has 108 valence electrons. The first-order chi connectivity index (χ1) is 9.56. The van der Waals surface area contributed by atoms with Gasteiger partial charge in [-0.2, -0.15) is 0 Å². The molecule has 0 radical (unpaired) electrons. The SMILES string of the molecule is CCC(C(=O)O)N(C)C(=O)C1CCCc2ccccc21. The van der Waals surface area contributed by atoms with E-state index in [9.17, 15) is 14.7 Å². The van der Waals surface area contributed by atoms with Crippen LogP contribution in [0.5, 0.6) is 0 Å². The van der Waals surface area contributed by atoms with Crippen LogP contribution in [0.25, 0.3) is 0 Å². The fourth-order valence-corrected chi connectivity index (χ4v) is 3.02. The summed E-state index contributed by atoms with van der Waals surface area (Å²) in [6, 6.07) is 7.24. The zero-order chi connectivity index (χ0) is 14.7. The highest BCUT2D eigenvalue weighted by Crippen LogP contribution is 2.33. The number of hydrogen-bond donors (Lipinski definition) is 1. The molecule has 0 heterocycles. The number of hydrogen-bond acceptors (Lipinski definition) is 2. The summed E-state index contributed by atoms with van der Waals surface area (Å²) >= 11 is 0. The topological polar surface area (TPSA) is 57.6 Å². The quantitative estimate of drug-likeness (QED) is 0.918. The molecular formula is C16H21NO3. The number of carboxylic acids is 1. The van der Waals surface area contributed by atoms with Crippen molar-refractivity contribution < 1.29 is 14.7 Å². The molecule has 2 rings (SSSR count). The molecule has 20 heavy (non-hydrogen) atoms. The summed E-state index contributed by atoms with van der Waals surface area (Å²) in [5, 5.41) is 9.19. The van der Waals surface area contributed by atoms with Gasteiger partial charge in [-0.25, -0.2) is 4.79 Å². The lowest BCUT2D eigenvalue weighted by molar-refractivity contribution is -0.149. The Kier molecular flexibility index (Phi) is 4.42. The Hall–Kier alpha value is -1.84. The first kappa shape index (κ1) is 14.6. The van der Waals surface area contributed by atoms with Gasteiger partial charge in [0.25, 0.3) is 0 Å². The molecule has 1 aliphatic rings. The van der Waals surface area contributed by atoms with Gasteiger partial charge in [0.15, 0.2) is 0 Å². The van der Waals surface area contributed by atoms with Crippen LogP contribution in [0.4, 0.5) is 0 Å². The van der Waals surface area contributed by atoms with E-state index in [0.717, 1.165) is 24.8 Å². The first-order valence-corrected chi connectivity index (χ1v) is 7.13. The molecule has 0 saturated heterocycles. The van der Waals surface area contributed by atoms with E-state index in [-0.39, 0.29) is 11.8 Å². The summed E-state index contributed by atoms with van der Waals surface area (Å²) in [6.07, 6.45) is 3.20. The Morgan fingerprint density at radius 1 is 1.40 bits per heavy atom. The largest absolute Gasteiger partial charge is 0.480 e. The van der Waals surface area contributed by atoms with Gasteiger partial charge in [-0.3, -0.25) is 4.79 Å². The average molecular weight is 275 g/mol. The lowest BCUT2D eigenvalue weighted by Crippen LogP contribution is -2.44. The van der Waals surface area contributed by atoms with Crippen molar-refractivity contribution in [1.82, 2.24) is 4.90 Å². The lowest BCUT2D eigenvalue weighted by Gasteiger charge is -2.31. The number of benzene rings is 1. The van der Waals surface area contributed by atoms with Crippen molar-refractivity contribution in [2.24, 2.45) is 0 Å². The van der Waals surface area contributed by atoms with Gasteiger partial charge in [0.2, 0.25) is 5.91 Å². The number of rotatable bonds is 4. The average Bonchev–Trinajstić information content (AvgIpc) is 2.46. The molecule has 1 aromatic carbocycles. The fourth-order valence-electron chi connectivity index (χ4n) is 3.02. The predicted octanol–water partition coefficient (Wildman–Crippen LogP) is 2.43. The van der Waals surface area contributed by atoms with E-state index in [1.54, 1.807) is 14.0 Å². The van der Waals surface area contributed by atoms with Gasteiger partial charge in [-0.05, 0) is 36.8 Å². The summed E-state index contributed by atoms with van der Waals surface area (Å²) < 4.78 is 0. The summed E-state index contributed by atoms with van der Waals surface area (Å²) in [7, 11) is 1.60. The maximum atomic E-state index is 12.6. The van der Waals surface area contributed by atoms with Crippen LogP contribution in [0.15, 0.2) is 24.3 Å². The minimum Gasteiger partial charge on any atom is -0.480 e. The molecule has 0 spiro atoms. The van der Waals surface area contributed by atoms with E-state index in [0.29, 0.717) is 6.42 Å². The van der Waals surface area contributed by atoms with Crippen LogP contribution in [0.3, 0.4) is 0 Å². The van der Waals surface area contributed by atoms with E-state index < -0.39 is 12.0 Å². The molecule has 1 aliphatic carbocycles.